The highest BCUT2D eigenvalue weighted by Gasteiger charge is 2.04. The molecule has 0 saturated carbocycles. The lowest BCUT2D eigenvalue weighted by atomic mass is 10.4. The van der Waals surface area contributed by atoms with Crippen molar-refractivity contribution in [1.82, 2.24) is 10.2 Å². The van der Waals surface area contributed by atoms with Crippen LogP contribution in [0.25, 0.3) is 0 Å². The molecule has 0 unspecified atom stereocenters. The van der Waals surface area contributed by atoms with E-state index < -0.39 is 0 Å². The zero-order valence-electron chi connectivity index (χ0n) is 5.77. The number of nitrogens with one attached hydrogen (secondary N) is 1. The average molecular weight is 129 g/mol. The molecule has 9 heavy (non-hydrogen) atoms. The normalized spacial score (nSPS) is 23.7. The van der Waals surface area contributed by atoms with Gasteiger partial charge >= 0.3 is 0 Å². The van der Waals surface area contributed by atoms with Crippen molar-refractivity contribution < 1.29 is 0 Å². The van der Waals surface area contributed by atoms with E-state index in [1.165, 1.54) is 6.42 Å². The third-order valence-electron chi connectivity index (χ3n) is 1.69. The molecule has 3 nitrogen and oxygen atoms in total. The van der Waals surface area contributed by atoms with Crippen LogP contribution in [0.4, 0.5) is 0 Å². The first-order chi connectivity index (χ1) is 4.43. The van der Waals surface area contributed by atoms with Gasteiger partial charge in [-0.3, -0.25) is 4.90 Å². The first-order valence-electron chi connectivity index (χ1n) is 3.56. The van der Waals surface area contributed by atoms with Gasteiger partial charge in [-0.25, -0.2) is 0 Å². The van der Waals surface area contributed by atoms with Crippen molar-refractivity contribution in [3.05, 3.63) is 0 Å². The number of hydrogen-bond acceptors (Lipinski definition) is 3. The van der Waals surface area contributed by atoms with Gasteiger partial charge in [-0.2, -0.15) is 0 Å². The summed E-state index contributed by atoms with van der Waals surface area (Å²) >= 11 is 0. The second kappa shape index (κ2) is 3.82. The second-order valence-corrected chi connectivity index (χ2v) is 2.40. The fourth-order valence-corrected chi connectivity index (χ4v) is 1.08. The largest absolute Gasteiger partial charge is 0.318 e. The monoisotopic (exact) mass is 129 g/mol. The summed E-state index contributed by atoms with van der Waals surface area (Å²) in [7, 11) is 0. The minimum atomic E-state index is 0.710. The number of nitrogens with zero attached hydrogens (tertiary/aromatic N) is 1. The molecular weight excluding hydrogens is 114 g/mol. The Morgan fingerprint density at radius 1 is 1.33 bits per heavy atom. The van der Waals surface area contributed by atoms with Crippen molar-refractivity contribution in [2.75, 3.05) is 32.8 Å². The Bertz CT molecular complexity index is 66.7. The molecule has 1 aliphatic heterocycles. The third-order valence-corrected chi connectivity index (χ3v) is 1.69. The molecule has 0 bridgehead atoms. The van der Waals surface area contributed by atoms with Crippen LogP contribution < -0.4 is 11.1 Å². The van der Waals surface area contributed by atoms with Crippen LogP contribution in [0.15, 0.2) is 0 Å². The lowest BCUT2D eigenvalue weighted by Gasteiger charge is -2.15. The predicted molar refractivity (Wildman–Crippen MR) is 38.1 cm³/mol. The first-order valence-corrected chi connectivity index (χ1v) is 3.56. The van der Waals surface area contributed by atoms with Gasteiger partial charge in [0, 0.05) is 26.3 Å². The smallest absolute Gasteiger partial charge is 0.0455 e. The molecule has 0 aliphatic carbocycles. The summed E-state index contributed by atoms with van der Waals surface area (Å²) in [6.07, 6.45) is 1.23. The highest BCUT2D eigenvalue weighted by Crippen LogP contribution is 1.90. The molecule has 0 aromatic heterocycles. The van der Waals surface area contributed by atoms with Gasteiger partial charge in [0.15, 0.2) is 0 Å². The number of rotatable bonds is 1. The second-order valence-electron chi connectivity index (χ2n) is 2.40. The fourth-order valence-electron chi connectivity index (χ4n) is 1.08. The SMILES string of the molecule is NCN1CCCNCC1. The standard InChI is InChI=1S/C6H15N3/c7-6-9-4-1-2-8-3-5-9/h8H,1-7H2. The van der Waals surface area contributed by atoms with Crippen molar-refractivity contribution in [3.8, 4) is 0 Å². The van der Waals surface area contributed by atoms with Gasteiger partial charge in [0.2, 0.25) is 0 Å². The molecule has 1 heterocycles. The number of nitrogens with two attached hydrogens (primary N) is 1. The molecule has 1 saturated heterocycles. The lowest BCUT2D eigenvalue weighted by Crippen LogP contribution is -2.33. The van der Waals surface area contributed by atoms with E-state index in [1.807, 2.05) is 0 Å². The lowest BCUT2D eigenvalue weighted by molar-refractivity contribution is 0.301. The molecule has 0 spiro atoms. The number of hydrogen-bond donors (Lipinski definition) is 2. The van der Waals surface area contributed by atoms with Crippen molar-refractivity contribution in [2.45, 2.75) is 6.42 Å². The van der Waals surface area contributed by atoms with Crippen LogP contribution in [0.3, 0.4) is 0 Å². The minimum absolute atomic E-state index is 0.710. The Kier molecular flexibility index (Phi) is 2.97. The zero-order valence-corrected chi connectivity index (χ0v) is 5.77. The van der Waals surface area contributed by atoms with Gasteiger partial charge < -0.3 is 11.1 Å². The van der Waals surface area contributed by atoms with E-state index in [0.29, 0.717) is 6.67 Å². The van der Waals surface area contributed by atoms with E-state index in [4.69, 9.17) is 5.73 Å². The highest BCUT2D eigenvalue weighted by molar-refractivity contribution is 4.62. The molecule has 54 valence electrons. The Labute approximate surface area is 56.2 Å². The Morgan fingerprint density at radius 3 is 3.00 bits per heavy atom. The summed E-state index contributed by atoms with van der Waals surface area (Å²) < 4.78 is 0. The molecule has 1 rings (SSSR count). The van der Waals surface area contributed by atoms with Gasteiger partial charge in [-0.05, 0) is 13.0 Å². The molecule has 1 aliphatic rings. The summed E-state index contributed by atoms with van der Waals surface area (Å²) in [5.74, 6) is 0. The van der Waals surface area contributed by atoms with Crippen LogP contribution in [0.5, 0.6) is 0 Å². The van der Waals surface area contributed by atoms with Crippen LogP contribution in [0, 0.1) is 0 Å². The van der Waals surface area contributed by atoms with Gasteiger partial charge in [0.25, 0.3) is 0 Å². The van der Waals surface area contributed by atoms with Crippen molar-refractivity contribution in [1.29, 1.82) is 0 Å². The Balaban J connectivity index is 2.18. The fraction of sp³-hybridized carbons (Fsp3) is 1.00. The summed E-state index contributed by atoms with van der Waals surface area (Å²) in [4.78, 5) is 2.26. The van der Waals surface area contributed by atoms with E-state index in [0.717, 1.165) is 26.2 Å². The molecule has 0 aromatic carbocycles. The maximum atomic E-state index is 5.47. The molecule has 0 atom stereocenters. The van der Waals surface area contributed by atoms with Gasteiger partial charge in [0.1, 0.15) is 0 Å². The van der Waals surface area contributed by atoms with Crippen molar-refractivity contribution in [2.24, 2.45) is 5.73 Å². The quantitative estimate of drug-likeness (QED) is 0.487. The predicted octanol–water partition coefficient (Wildman–Crippen LogP) is -0.802. The van der Waals surface area contributed by atoms with E-state index >= 15 is 0 Å². The molecule has 0 amide bonds. The third kappa shape index (κ3) is 2.30. The maximum absolute atomic E-state index is 5.47. The van der Waals surface area contributed by atoms with Gasteiger partial charge in [-0.15, -0.1) is 0 Å². The summed E-state index contributed by atoms with van der Waals surface area (Å²) in [5, 5.41) is 3.31. The topological polar surface area (TPSA) is 41.3 Å². The van der Waals surface area contributed by atoms with Crippen molar-refractivity contribution >= 4 is 0 Å². The summed E-state index contributed by atoms with van der Waals surface area (Å²) in [5.41, 5.74) is 5.47. The molecule has 0 aromatic rings. The van der Waals surface area contributed by atoms with Crippen LogP contribution in [-0.4, -0.2) is 37.7 Å². The van der Waals surface area contributed by atoms with Gasteiger partial charge in [-0.1, -0.05) is 0 Å². The molecule has 1 fully saturated rings. The van der Waals surface area contributed by atoms with Crippen LogP contribution in [-0.2, 0) is 0 Å². The average Bonchev–Trinajstić information content (AvgIpc) is 2.13. The van der Waals surface area contributed by atoms with Gasteiger partial charge in [0.05, 0.1) is 0 Å². The summed E-state index contributed by atoms with van der Waals surface area (Å²) in [6, 6.07) is 0. The van der Waals surface area contributed by atoms with E-state index in [9.17, 15) is 0 Å². The maximum Gasteiger partial charge on any atom is 0.0455 e. The van der Waals surface area contributed by atoms with E-state index in [-0.39, 0.29) is 0 Å². The highest BCUT2D eigenvalue weighted by atomic mass is 15.2. The molecule has 3 heteroatoms. The first kappa shape index (κ1) is 6.99. The Hall–Kier alpha value is -0.120. The minimum Gasteiger partial charge on any atom is -0.318 e. The van der Waals surface area contributed by atoms with E-state index in [2.05, 4.69) is 10.2 Å². The Morgan fingerprint density at radius 2 is 2.22 bits per heavy atom. The summed E-state index contributed by atoms with van der Waals surface area (Å²) in [6.45, 7) is 5.22. The van der Waals surface area contributed by atoms with Crippen LogP contribution >= 0.6 is 0 Å². The van der Waals surface area contributed by atoms with E-state index in [1.54, 1.807) is 0 Å². The van der Waals surface area contributed by atoms with Crippen LogP contribution in [0.1, 0.15) is 6.42 Å². The molecular formula is C6H15N3. The molecule has 0 radical (unpaired) electrons. The molecule has 3 N–H and O–H groups in total. The van der Waals surface area contributed by atoms with Crippen molar-refractivity contribution in [3.63, 3.8) is 0 Å². The zero-order chi connectivity index (χ0) is 6.53. The van der Waals surface area contributed by atoms with Crippen LogP contribution in [0.2, 0.25) is 0 Å².